The molecule has 1 N–H and O–H groups in total. The number of esters is 1. The summed E-state index contributed by atoms with van der Waals surface area (Å²) in [6.45, 7) is 0. The van der Waals surface area contributed by atoms with Crippen LogP contribution in [0.15, 0.2) is 0 Å². The Kier molecular flexibility index (Phi) is 2.28. The first-order valence-corrected chi connectivity index (χ1v) is 5.13. The SMILES string of the molecule is O=C1CCC(C2(O)CCCCC2)O1. The minimum Gasteiger partial charge on any atom is -0.459 e. The monoisotopic (exact) mass is 184 g/mol. The van der Waals surface area contributed by atoms with E-state index in [1.165, 1.54) is 6.42 Å². The Hall–Kier alpha value is -0.570. The van der Waals surface area contributed by atoms with Crippen molar-refractivity contribution in [3.8, 4) is 0 Å². The molecule has 1 saturated heterocycles. The summed E-state index contributed by atoms with van der Waals surface area (Å²) in [7, 11) is 0. The van der Waals surface area contributed by atoms with Crippen LogP contribution in [0.5, 0.6) is 0 Å². The van der Waals surface area contributed by atoms with Crippen LogP contribution in [-0.2, 0) is 9.53 Å². The zero-order chi connectivity index (χ0) is 9.31. The van der Waals surface area contributed by atoms with Crippen molar-refractivity contribution in [2.24, 2.45) is 0 Å². The number of aliphatic hydroxyl groups is 1. The Labute approximate surface area is 78.1 Å². The van der Waals surface area contributed by atoms with Gasteiger partial charge in [0.05, 0.1) is 0 Å². The number of cyclic esters (lactones) is 1. The lowest BCUT2D eigenvalue weighted by atomic mass is 9.80. The second-order valence-electron chi connectivity index (χ2n) is 4.18. The first-order valence-electron chi connectivity index (χ1n) is 5.13. The van der Waals surface area contributed by atoms with Crippen LogP contribution in [-0.4, -0.2) is 22.8 Å². The van der Waals surface area contributed by atoms with Crippen LogP contribution in [0.4, 0.5) is 0 Å². The maximum absolute atomic E-state index is 10.9. The van der Waals surface area contributed by atoms with E-state index in [1.807, 2.05) is 0 Å². The second kappa shape index (κ2) is 3.29. The molecule has 0 aromatic carbocycles. The average Bonchev–Trinajstić information content (AvgIpc) is 2.54. The van der Waals surface area contributed by atoms with E-state index in [4.69, 9.17) is 4.74 Å². The molecule has 0 spiro atoms. The molecule has 0 amide bonds. The zero-order valence-corrected chi connectivity index (χ0v) is 7.79. The van der Waals surface area contributed by atoms with Crippen molar-refractivity contribution >= 4 is 5.97 Å². The van der Waals surface area contributed by atoms with E-state index in [0.29, 0.717) is 12.8 Å². The van der Waals surface area contributed by atoms with Gasteiger partial charge in [-0.3, -0.25) is 4.79 Å². The average molecular weight is 184 g/mol. The molecule has 1 heterocycles. The van der Waals surface area contributed by atoms with Crippen LogP contribution in [0.2, 0.25) is 0 Å². The first-order chi connectivity index (χ1) is 6.21. The standard InChI is InChI=1S/C10H16O3/c11-9-5-4-8(13-9)10(12)6-2-1-3-7-10/h8,12H,1-7H2. The molecule has 1 unspecified atom stereocenters. The smallest absolute Gasteiger partial charge is 0.306 e. The number of carbonyl (C=O) groups excluding carboxylic acids is 1. The molecule has 2 fully saturated rings. The summed E-state index contributed by atoms with van der Waals surface area (Å²) in [5.74, 6) is -0.149. The van der Waals surface area contributed by atoms with Gasteiger partial charge >= 0.3 is 5.97 Å². The molecule has 0 radical (unpaired) electrons. The highest BCUT2D eigenvalue weighted by molar-refractivity contribution is 5.71. The molecule has 1 aliphatic heterocycles. The normalized spacial score (nSPS) is 33.0. The Morgan fingerprint density at radius 1 is 1.31 bits per heavy atom. The predicted octanol–water partition coefficient (Wildman–Crippen LogP) is 1.39. The summed E-state index contributed by atoms with van der Waals surface area (Å²) in [6.07, 6.45) is 5.87. The van der Waals surface area contributed by atoms with Crippen molar-refractivity contribution in [1.82, 2.24) is 0 Å². The Morgan fingerprint density at radius 2 is 2.00 bits per heavy atom. The van der Waals surface area contributed by atoms with Crippen LogP contribution < -0.4 is 0 Å². The lowest BCUT2D eigenvalue weighted by molar-refractivity contribution is -0.156. The van der Waals surface area contributed by atoms with Gasteiger partial charge in [-0.25, -0.2) is 0 Å². The van der Waals surface area contributed by atoms with Gasteiger partial charge in [0.1, 0.15) is 11.7 Å². The molecule has 0 aromatic rings. The molecule has 0 aromatic heterocycles. The van der Waals surface area contributed by atoms with E-state index in [-0.39, 0.29) is 12.1 Å². The Bertz CT molecular complexity index is 206. The van der Waals surface area contributed by atoms with Gasteiger partial charge in [-0.05, 0) is 19.3 Å². The van der Waals surface area contributed by atoms with Crippen molar-refractivity contribution in [3.05, 3.63) is 0 Å². The molecule has 13 heavy (non-hydrogen) atoms. The molecule has 3 nitrogen and oxygen atoms in total. The number of rotatable bonds is 1. The van der Waals surface area contributed by atoms with Gasteiger partial charge in [0.15, 0.2) is 0 Å². The summed E-state index contributed by atoms with van der Waals surface area (Å²) >= 11 is 0. The highest BCUT2D eigenvalue weighted by atomic mass is 16.6. The summed E-state index contributed by atoms with van der Waals surface area (Å²) < 4.78 is 5.11. The topological polar surface area (TPSA) is 46.5 Å². The largest absolute Gasteiger partial charge is 0.459 e. The molecule has 0 bridgehead atoms. The number of hydrogen-bond donors (Lipinski definition) is 1. The summed E-state index contributed by atoms with van der Waals surface area (Å²) in [5, 5.41) is 10.2. The Balaban J connectivity index is 2.01. The van der Waals surface area contributed by atoms with E-state index in [2.05, 4.69) is 0 Å². The van der Waals surface area contributed by atoms with Gasteiger partial charge in [-0.15, -0.1) is 0 Å². The fourth-order valence-electron chi connectivity index (χ4n) is 2.39. The van der Waals surface area contributed by atoms with E-state index >= 15 is 0 Å². The minimum absolute atomic E-state index is 0.149. The van der Waals surface area contributed by atoms with Crippen LogP contribution in [0.25, 0.3) is 0 Å². The fourth-order valence-corrected chi connectivity index (χ4v) is 2.39. The third-order valence-corrected chi connectivity index (χ3v) is 3.20. The summed E-state index contributed by atoms with van der Waals surface area (Å²) in [4.78, 5) is 10.9. The van der Waals surface area contributed by atoms with Crippen molar-refractivity contribution < 1.29 is 14.6 Å². The molecule has 74 valence electrons. The van der Waals surface area contributed by atoms with Gasteiger partial charge in [-0.2, -0.15) is 0 Å². The lowest BCUT2D eigenvalue weighted by Crippen LogP contribution is -2.43. The second-order valence-corrected chi connectivity index (χ2v) is 4.18. The molecule has 3 heteroatoms. The number of hydrogen-bond acceptors (Lipinski definition) is 3. The van der Waals surface area contributed by atoms with E-state index in [9.17, 15) is 9.90 Å². The van der Waals surface area contributed by atoms with Crippen molar-refractivity contribution in [3.63, 3.8) is 0 Å². The van der Waals surface area contributed by atoms with Crippen molar-refractivity contribution in [2.75, 3.05) is 0 Å². The molecule has 1 atom stereocenters. The summed E-state index contributed by atoms with van der Waals surface area (Å²) in [5.41, 5.74) is -0.704. The highest BCUT2D eigenvalue weighted by Gasteiger charge is 2.43. The van der Waals surface area contributed by atoms with E-state index in [1.54, 1.807) is 0 Å². The van der Waals surface area contributed by atoms with Gasteiger partial charge in [0.25, 0.3) is 0 Å². The quantitative estimate of drug-likeness (QED) is 0.626. The molecule has 2 aliphatic rings. The van der Waals surface area contributed by atoms with Gasteiger partial charge < -0.3 is 9.84 Å². The maximum Gasteiger partial charge on any atom is 0.306 e. The molecular weight excluding hydrogens is 168 g/mol. The van der Waals surface area contributed by atoms with Crippen molar-refractivity contribution in [1.29, 1.82) is 0 Å². The van der Waals surface area contributed by atoms with Gasteiger partial charge in [-0.1, -0.05) is 19.3 Å². The van der Waals surface area contributed by atoms with Crippen LogP contribution >= 0.6 is 0 Å². The third-order valence-electron chi connectivity index (χ3n) is 3.20. The molecule has 1 aliphatic carbocycles. The van der Waals surface area contributed by atoms with Crippen LogP contribution in [0.1, 0.15) is 44.9 Å². The Morgan fingerprint density at radius 3 is 2.54 bits per heavy atom. The highest BCUT2D eigenvalue weighted by Crippen LogP contribution is 2.36. The minimum atomic E-state index is -0.704. The number of carbonyl (C=O) groups is 1. The van der Waals surface area contributed by atoms with E-state index in [0.717, 1.165) is 25.7 Å². The molecule has 2 rings (SSSR count). The third kappa shape index (κ3) is 1.70. The predicted molar refractivity (Wildman–Crippen MR) is 47.1 cm³/mol. The zero-order valence-electron chi connectivity index (χ0n) is 7.79. The lowest BCUT2D eigenvalue weighted by Gasteiger charge is -2.35. The van der Waals surface area contributed by atoms with Gasteiger partial charge in [0, 0.05) is 6.42 Å². The van der Waals surface area contributed by atoms with Crippen LogP contribution in [0.3, 0.4) is 0 Å². The first kappa shape index (κ1) is 9.00. The molecular formula is C10H16O3. The summed E-state index contributed by atoms with van der Waals surface area (Å²) in [6, 6.07) is 0. The fraction of sp³-hybridized carbons (Fsp3) is 0.900. The number of ether oxygens (including phenoxy) is 1. The maximum atomic E-state index is 10.9. The van der Waals surface area contributed by atoms with Crippen molar-refractivity contribution in [2.45, 2.75) is 56.7 Å². The van der Waals surface area contributed by atoms with Crippen LogP contribution in [0, 0.1) is 0 Å². The molecule has 1 saturated carbocycles. The van der Waals surface area contributed by atoms with Gasteiger partial charge in [0.2, 0.25) is 0 Å². The van der Waals surface area contributed by atoms with E-state index < -0.39 is 5.60 Å².